The number of aliphatic hydroxyl groups excluding tert-OH is 1. The fraction of sp³-hybridized carbons (Fsp3) is 0.400. The van der Waals surface area contributed by atoms with E-state index in [1.165, 1.54) is 0 Å². The van der Waals surface area contributed by atoms with E-state index < -0.39 is 11.8 Å². The van der Waals surface area contributed by atoms with Crippen LogP contribution >= 0.6 is 0 Å². The molecule has 1 aromatic rings. The van der Waals surface area contributed by atoms with Gasteiger partial charge < -0.3 is 9.84 Å². The van der Waals surface area contributed by atoms with Gasteiger partial charge in [-0.2, -0.15) is 0 Å². The summed E-state index contributed by atoms with van der Waals surface area (Å²) in [4.78, 5) is 0. The summed E-state index contributed by atoms with van der Waals surface area (Å²) in [5, 5.41) is 9.29. The van der Waals surface area contributed by atoms with E-state index >= 15 is 0 Å². The number of hydrogen-bond acceptors (Lipinski definition) is 3. The zero-order chi connectivity index (χ0) is 9.90. The van der Waals surface area contributed by atoms with Crippen LogP contribution in [0.5, 0.6) is 5.75 Å². The van der Waals surface area contributed by atoms with Gasteiger partial charge in [-0.1, -0.05) is 18.2 Å². The molecule has 13 heavy (non-hydrogen) atoms. The first kappa shape index (κ1) is 10.0. The molecule has 0 aliphatic rings. The number of ether oxygens (including phenoxy) is 1. The Morgan fingerprint density at radius 1 is 1.38 bits per heavy atom. The van der Waals surface area contributed by atoms with E-state index in [1.807, 2.05) is 18.2 Å². The summed E-state index contributed by atoms with van der Waals surface area (Å²) in [6.07, 6.45) is -0.715. The van der Waals surface area contributed by atoms with Crippen molar-refractivity contribution in [2.75, 3.05) is 0 Å². The smallest absolute Gasteiger partial charge is 0.181 e. The van der Waals surface area contributed by atoms with E-state index in [2.05, 4.69) is 0 Å². The normalized spacial score (nSPS) is 17.5. The molecule has 0 aliphatic heterocycles. The number of aliphatic hydroxyl groups is 1. The van der Waals surface area contributed by atoms with Crippen molar-refractivity contribution in [1.82, 2.24) is 0 Å². The second-order valence-corrected chi connectivity index (χ2v) is 3.27. The quantitative estimate of drug-likeness (QED) is 0.687. The summed E-state index contributed by atoms with van der Waals surface area (Å²) < 4.78 is 5.39. The lowest BCUT2D eigenvalue weighted by Gasteiger charge is -2.28. The first-order valence-electron chi connectivity index (χ1n) is 4.23. The van der Waals surface area contributed by atoms with Crippen molar-refractivity contribution in [3.05, 3.63) is 30.3 Å². The molecule has 3 heteroatoms. The lowest BCUT2D eigenvalue weighted by atomic mass is 10.1. The van der Waals surface area contributed by atoms with Crippen molar-refractivity contribution >= 4 is 0 Å². The Kier molecular flexibility index (Phi) is 2.90. The fourth-order valence-corrected chi connectivity index (χ4v) is 0.828. The summed E-state index contributed by atoms with van der Waals surface area (Å²) in [6.45, 7) is 3.24. The third kappa shape index (κ3) is 2.72. The van der Waals surface area contributed by atoms with Gasteiger partial charge in [0.15, 0.2) is 5.72 Å². The van der Waals surface area contributed by atoms with Crippen molar-refractivity contribution in [3.8, 4) is 5.75 Å². The Morgan fingerprint density at radius 2 is 1.92 bits per heavy atom. The average Bonchev–Trinajstić information content (AvgIpc) is 2.05. The average molecular weight is 181 g/mol. The third-order valence-electron chi connectivity index (χ3n) is 1.91. The molecule has 0 aromatic heterocycles. The van der Waals surface area contributed by atoms with Gasteiger partial charge >= 0.3 is 0 Å². The predicted octanol–water partition coefficient (Wildman–Crippen LogP) is 1.12. The maximum atomic E-state index is 9.29. The van der Waals surface area contributed by atoms with Crippen molar-refractivity contribution in [2.24, 2.45) is 5.73 Å². The molecule has 3 nitrogen and oxygen atoms in total. The van der Waals surface area contributed by atoms with E-state index in [0.29, 0.717) is 5.75 Å². The highest BCUT2D eigenvalue weighted by Crippen LogP contribution is 2.16. The second kappa shape index (κ2) is 3.77. The van der Waals surface area contributed by atoms with Crippen molar-refractivity contribution in [3.63, 3.8) is 0 Å². The van der Waals surface area contributed by atoms with Gasteiger partial charge in [0.1, 0.15) is 11.9 Å². The zero-order valence-corrected chi connectivity index (χ0v) is 7.90. The summed E-state index contributed by atoms with van der Waals surface area (Å²) in [5.74, 6) is 0.661. The van der Waals surface area contributed by atoms with Gasteiger partial charge in [0.25, 0.3) is 0 Å². The van der Waals surface area contributed by atoms with Gasteiger partial charge in [0, 0.05) is 0 Å². The van der Waals surface area contributed by atoms with Crippen LogP contribution in [0.4, 0.5) is 0 Å². The highest BCUT2D eigenvalue weighted by Gasteiger charge is 2.26. The molecule has 3 N–H and O–H groups in total. The molecule has 72 valence electrons. The largest absolute Gasteiger partial charge is 0.471 e. The molecule has 0 heterocycles. The second-order valence-electron chi connectivity index (χ2n) is 3.27. The molecule has 2 atom stereocenters. The van der Waals surface area contributed by atoms with Crippen LogP contribution in [-0.2, 0) is 0 Å². The molecule has 0 bridgehead atoms. The first-order chi connectivity index (χ1) is 6.02. The Labute approximate surface area is 78.1 Å². The summed E-state index contributed by atoms with van der Waals surface area (Å²) in [7, 11) is 0. The van der Waals surface area contributed by atoms with Crippen molar-refractivity contribution in [1.29, 1.82) is 0 Å². The SMILES string of the molecule is CC(O)C(C)(N)Oc1ccccc1. The minimum absolute atomic E-state index is 0.661. The van der Waals surface area contributed by atoms with Crippen LogP contribution in [0.2, 0.25) is 0 Å². The molecule has 1 aromatic carbocycles. The van der Waals surface area contributed by atoms with Gasteiger partial charge in [-0.3, -0.25) is 5.73 Å². The molecule has 0 fully saturated rings. The topological polar surface area (TPSA) is 55.5 Å². The third-order valence-corrected chi connectivity index (χ3v) is 1.91. The summed E-state index contributed by atoms with van der Waals surface area (Å²) in [6, 6.07) is 9.20. The van der Waals surface area contributed by atoms with Gasteiger partial charge in [-0.25, -0.2) is 0 Å². The minimum Gasteiger partial charge on any atom is -0.471 e. The van der Waals surface area contributed by atoms with Crippen LogP contribution in [0.25, 0.3) is 0 Å². The molecule has 0 aliphatic carbocycles. The highest BCUT2D eigenvalue weighted by atomic mass is 16.5. The molecular weight excluding hydrogens is 166 g/mol. The number of nitrogens with two attached hydrogens (primary N) is 1. The van der Waals surface area contributed by atoms with Gasteiger partial charge in [-0.15, -0.1) is 0 Å². The Bertz CT molecular complexity index is 257. The monoisotopic (exact) mass is 181 g/mol. The van der Waals surface area contributed by atoms with E-state index in [-0.39, 0.29) is 0 Å². The number of para-hydroxylation sites is 1. The summed E-state index contributed by atoms with van der Waals surface area (Å²) in [5.41, 5.74) is 4.68. The predicted molar refractivity (Wildman–Crippen MR) is 51.3 cm³/mol. The standard InChI is InChI=1S/C10H15NO2/c1-8(12)10(2,11)13-9-6-4-3-5-7-9/h3-8,12H,11H2,1-2H3. The molecular formula is C10H15NO2. The van der Waals surface area contributed by atoms with E-state index in [4.69, 9.17) is 10.5 Å². The number of rotatable bonds is 3. The molecule has 0 radical (unpaired) electrons. The van der Waals surface area contributed by atoms with Crippen LogP contribution in [0.15, 0.2) is 30.3 Å². The zero-order valence-electron chi connectivity index (χ0n) is 7.90. The van der Waals surface area contributed by atoms with Crippen LogP contribution in [-0.4, -0.2) is 16.9 Å². The molecule has 1 rings (SSSR count). The number of benzene rings is 1. The minimum atomic E-state index is -1.04. The Morgan fingerprint density at radius 3 is 2.38 bits per heavy atom. The maximum absolute atomic E-state index is 9.29. The van der Waals surface area contributed by atoms with E-state index in [0.717, 1.165) is 0 Å². The number of hydrogen-bond donors (Lipinski definition) is 2. The molecule has 2 unspecified atom stereocenters. The summed E-state index contributed by atoms with van der Waals surface area (Å²) >= 11 is 0. The van der Waals surface area contributed by atoms with Gasteiger partial charge in [-0.05, 0) is 26.0 Å². The Balaban J connectivity index is 2.69. The molecule has 0 amide bonds. The van der Waals surface area contributed by atoms with E-state index in [9.17, 15) is 5.11 Å². The first-order valence-corrected chi connectivity index (χ1v) is 4.23. The van der Waals surface area contributed by atoms with Crippen molar-refractivity contribution < 1.29 is 9.84 Å². The molecule has 0 saturated heterocycles. The van der Waals surface area contributed by atoms with E-state index in [1.54, 1.807) is 26.0 Å². The maximum Gasteiger partial charge on any atom is 0.181 e. The molecule has 0 spiro atoms. The van der Waals surface area contributed by atoms with Gasteiger partial charge in [0.2, 0.25) is 0 Å². The van der Waals surface area contributed by atoms with Crippen LogP contribution in [0.1, 0.15) is 13.8 Å². The highest BCUT2D eigenvalue weighted by molar-refractivity contribution is 5.21. The fourth-order valence-electron chi connectivity index (χ4n) is 0.828. The van der Waals surface area contributed by atoms with Gasteiger partial charge in [0.05, 0.1) is 0 Å². The van der Waals surface area contributed by atoms with Crippen LogP contribution in [0.3, 0.4) is 0 Å². The Hall–Kier alpha value is -1.06. The van der Waals surface area contributed by atoms with Crippen LogP contribution < -0.4 is 10.5 Å². The van der Waals surface area contributed by atoms with Crippen molar-refractivity contribution in [2.45, 2.75) is 25.7 Å². The van der Waals surface area contributed by atoms with Crippen LogP contribution in [0, 0.1) is 0 Å². The lowest BCUT2D eigenvalue weighted by Crippen LogP contribution is -2.51. The molecule has 0 saturated carbocycles. The lowest BCUT2D eigenvalue weighted by molar-refractivity contribution is -0.0269.